The molecule has 1 aliphatic heterocycles. The summed E-state index contributed by atoms with van der Waals surface area (Å²) in [6, 6.07) is 10.8. The zero-order valence-corrected chi connectivity index (χ0v) is 17.0. The third-order valence-corrected chi connectivity index (χ3v) is 5.80. The number of hydrogen-bond donors (Lipinski definition) is 1. The number of nitrogens with one attached hydrogen (secondary N) is 1. The smallest absolute Gasteiger partial charge is 0.234 e. The van der Waals surface area contributed by atoms with E-state index in [4.69, 9.17) is 0 Å². The van der Waals surface area contributed by atoms with Crippen molar-refractivity contribution in [2.24, 2.45) is 7.05 Å². The van der Waals surface area contributed by atoms with E-state index in [9.17, 15) is 4.79 Å². The van der Waals surface area contributed by atoms with Crippen molar-refractivity contribution in [1.29, 1.82) is 0 Å². The number of nitrogens with zero attached hydrogens (tertiary/aromatic N) is 3. The van der Waals surface area contributed by atoms with Gasteiger partial charge in [0.05, 0.1) is 12.2 Å². The Morgan fingerprint density at radius 3 is 2.48 bits per heavy atom. The van der Waals surface area contributed by atoms with Crippen molar-refractivity contribution < 1.29 is 4.79 Å². The first-order valence-corrected chi connectivity index (χ1v) is 9.99. The molecule has 0 aliphatic carbocycles. The second-order valence-corrected chi connectivity index (χ2v) is 7.91. The normalized spacial score (nSPS) is 17.0. The first-order chi connectivity index (χ1) is 12.9. The SMILES string of the molecule is Cc1nn(C)c(C)c1C[C@H](C)NC(=O)CN1CCC(c2ccccc2)CC1. The lowest BCUT2D eigenvalue weighted by Crippen LogP contribution is -2.44. The Balaban J connectivity index is 1.44. The number of benzene rings is 1. The van der Waals surface area contributed by atoms with Gasteiger partial charge in [0.15, 0.2) is 0 Å². The number of carbonyl (C=O) groups is 1. The predicted octanol–water partition coefficient (Wildman–Crippen LogP) is 2.96. The van der Waals surface area contributed by atoms with Gasteiger partial charge in [-0.1, -0.05) is 30.3 Å². The molecule has 0 unspecified atom stereocenters. The lowest BCUT2D eigenvalue weighted by molar-refractivity contribution is -0.123. The Hall–Kier alpha value is -2.14. The van der Waals surface area contributed by atoms with Gasteiger partial charge in [-0.15, -0.1) is 0 Å². The Morgan fingerprint density at radius 2 is 1.89 bits per heavy atom. The van der Waals surface area contributed by atoms with Gasteiger partial charge in [-0.25, -0.2) is 0 Å². The maximum atomic E-state index is 12.5. The molecule has 1 aliphatic rings. The van der Waals surface area contributed by atoms with Crippen LogP contribution in [0.1, 0.15) is 48.2 Å². The third-order valence-electron chi connectivity index (χ3n) is 5.80. The number of piperidine rings is 1. The van der Waals surface area contributed by atoms with Gasteiger partial charge in [-0.2, -0.15) is 5.10 Å². The molecule has 5 nitrogen and oxygen atoms in total. The third kappa shape index (κ3) is 4.98. The predicted molar refractivity (Wildman–Crippen MR) is 109 cm³/mol. The molecule has 1 amide bonds. The van der Waals surface area contributed by atoms with Crippen LogP contribution in [0.4, 0.5) is 0 Å². The lowest BCUT2D eigenvalue weighted by Gasteiger charge is -2.32. The molecule has 0 spiro atoms. The maximum Gasteiger partial charge on any atom is 0.234 e. The topological polar surface area (TPSA) is 50.2 Å². The van der Waals surface area contributed by atoms with Gasteiger partial charge >= 0.3 is 0 Å². The van der Waals surface area contributed by atoms with E-state index in [1.807, 2.05) is 18.7 Å². The molecule has 0 bridgehead atoms. The standard InChI is InChI=1S/C22H32N4O/c1-16(14-21-17(2)24-25(4)18(21)3)23-22(27)15-26-12-10-20(11-13-26)19-8-6-5-7-9-19/h5-9,16,20H,10-15H2,1-4H3,(H,23,27)/t16-/m0/s1. The fourth-order valence-electron chi connectivity index (χ4n) is 4.14. The van der Waals surface area contributed by atoms with Crippen LogP contribution in [0.15, 0.2) is 30.3 Å². The van der Waals surface area contributed by atoms with Crippen LogP contribution in [0.2, 0.25) is 0 Å². The van der Waals surface area contributed by atoms with Gasteiger partial charge in [-0.3, -0.25) is 14.4 Å². The van der Waals surface area contributed by atoms with Gasteiger partial charge in [0.2, 0.25) is 5.91 Å². The molecule has 0 saturated carbocycles. The van der Waals surface area contributed by atoms with Crippen molar-refractivity contribution in [3.8, 4) is 0 Å². The number of hydrogen-bond acceptors (Lipinski definition) is 3. The average Bonchev–Trinajstić information content (AvgIpc) is 2.89. The van der Waals surface area contributed by atoms with Crippen LogP contribution in [-0.4, -0.2) is 46.3 Å². The summed E-state index contributed by atoms with van der Waals surface area (Å²) in [5, 5.41) is 7.63. The number of aromatic nitrogens is 2. The highest BCUT2D eigenvalue weighted by Gasteiger charge is 2.22. The molecule has 2 heterocycles. The summed E-state index contributed by atoms with van der Waals surface area (Å²) in [6.07, 6.45) is 3.08. The van der Waals surface area contributed by atoms with Gasteiger partial charge in [0, 0.05) is 18.8 Å². The summed E-state index contributed by atoms with van der Waals surface area (Å²) in [6.45, 7) is 8.67. The summed E-state index contributed by atoms with van der Waals surface area (Å²) in [7, 11) is 1.97. The quantitative estimate of drug-likeness (QED) is 0.853. The van der Waals surface area contributed by atoms with Gasteiger partial charge < -0.3 is 5.32 Å². The van der Waals surface area contributed by atoms with Crippen molar-refractivity contribution in [3.63, 3.8) is 0 Å². The van der Waals surface area contributed by atoms with E-state index in [1.54, 1.807) is 0 Å². The van der Waals surface area contributed by atoms with Gasteiger partial charge in [0.1, 0.15) is 0 Å². The molecule has 3 rings (SSSR count). The number of amides is 1. The molecule has 1 atom stereocenters. The van der Waals surface area contributed by atoms with E-state index in [2.05, 4.69) is 59.5 Å². The summed E-state index contributed by atoms with van der Waals surface area (Å²) in [5.41, 5.74) is 4.90. The number of likely N-dealkylation sites (tertiary alicyclic amines) is 1. The highest BCUT2D eigenvalue weighted by Crippen LogP contribution is 2.27. The summed E-state index contributed by atoms with van der Waals surface area (Å²) >= 11 is 0. The molecule has 1 aromatic heterocycles. The van der Waals surface area contributed by atoms with E-state index in [-0.39, 0.29) is 11.9 Å². The fraction of sp³-hybridized carbons (Fsp3) is 0.545. The average molecular weight is 369 g/mol. The molecular weight excluding hydrogens is 336 g/mol. The Kier molecular flexibility index (Phi) is 6.32. The second kappa shape index (κ2) is 8.70. The maximum absolute atomic E-state index is 12.5. The van der Waals surface area contributed by atoms with Crippen LogP contribution < -0.4 is 5.32 Å². The molecule has 1 N–H and O–H groups in total. The van der Waals surface area contributed by atoms with Gasteiger partial charge in [-0.05, 0) is 70.2 Å². The highest BCUT2D eigenvalue weighted by atomic mass is 16.2. The molecular formula is C22H32N4O. The number of aryl methyl sites for hydroxylation is 2. The first-order valence-electron chi connectivity index (χ1n) is 9.99. The van der Waals surface area contributed by atoms with E-state index in [0.717, 1.165) is 38.0 Å². The largest absolute Gasteiger partial charge is 0.352 e. The van der Waals surface area contributed by atoms with Crippen LogP contribution in [0, 0.1) is 13.8 Å². The molecule has 1 fully saturated rings. The number of rotatable bonds is 6. The zero-order chi connectivity index (χ0) is 19.4. The van der Waals surface area contributed by atoms with Crippen molar-refractivity contribution in [1.82, 2.24) is 20.0 Å². The molecule has 5 heteroatoms. The first kappa shape index (κ1) is 19.6. The summed E-state index contributed by atoms with van der Waals surface area (Å²) < 4.78 is 1.91. The van der Waals surface area contributed by atoms with Crippen LogP contribution in [0.3, 0.4) is 0 Å². The zero-order valence-electron chi connectivity index (χ0n) is 17.0. The van der Waals surface area contributed by atoms with Crippen LogP contribution in [0.5, 0.6) is 0 Å². The summed E-state index contributed by atoms with van der Waals surface area (Å²) in [4.78, 5) is 14.7. The van der Waals surface area contributed by atoms with Crippen molar-refractivity contribution >= 4 is 5.91 Å². The van der Waals surface area contributed by atoms with E-state index >= 15 is 0 Å². The monoisotopic (exact) mass is 368 g/mol. The second-order valence-electron chi connectivity index (χ2n) is 7.91. The molecule has 1 aromatic carbocycles. The van der Waals surface area contributed by atoms with Crippen molar-refractivity contribution in [2.45, 2.75) is 52.0 Å². The van der Waals surface area contributed by atoms with Crippen LogP contribution in [-0.2, 0) is 18.3 Å². The van der Waals surface area contributed by atoms with Crippen molar-refractivity contribution in [3.05, 3.63) is 52.8 Å². The minimum atomic E-state index is 0.112. The highest BCUT2D eigenvalue weighted by molar-refractivity contribution is 5.78. The molecule has 2 aromatic rings. The Morgan fingerprint density at radius 1 is 1.22 bits per heavy atom. The molecule has 0 radical (unpaired) electrons. The minimum Gasteiger partial charge on any atom is -0.352 e. The van der Waals surface area contributed by atoms with E-state index in [0.29, 0.717) is 12.5 Å². The minimum absolute atomic E-state index is 0.112. The Labute approximate surface area is 162 Å². The molecule has 1 saturated heterocycles. The molecule has 146 valence electrons. The van der Waals surface area contributed by atoms with Crippen molar-refractivity contribution in [2.75, 3.05) is 19.6 Å². The van der Waals surface area contributed by atoms with Gasteiger partial charge in [0.25, 0.3) is 0 Å². The van der Waals surface area contributed by atoms with E-state index in [1.165, 1.54) is 16.8 Å². The van der Waals surface area contributed by atoms with E-state index < -0.39 is 0 Å². The Bertz CT molecular complexity index is 760. The number of carbonyl (C=O) groups excluding carboxylic acids is 1. The molecule has 27 heavy (non-hydrogen) atoms. The lowest BCUT2D eigenvalue weighted by atomic mass is 9.89. The van der Waals surface area contributed by atoms with Crippen LogP contribution >= 0.6 is 0 Å². The fourth-order valence-corrected chi connectivity index (χ4v) is 4.14. The summed E-state index contributed by atoms with van der Waals surface area (Å²) in [5.74, 6) is 0.751. The van der Waals surface area contributed by atoms with Crippen LogP contribution in [0.25, 0.3) is 0 Å².